The maximum atomic E-state index is 12.4. The van der Waals surface area contributed by atoms with Crippen molar-refractivity contribution in [2.45, 2.75) is 6.92 Å². The summed E-state index contributed by atoms with van der Waals surface area (Å²) in [7, 11) is 1.32. The summed E-state index contributed by atoms with van der Waals surface area (Å²) in [4.78, 5) is 23.9. The van der Waals surface area contributed by atoms with Crippen molar-refractivity contribution in [1.82, 2.24) is 9.78 Å². The van der Waals surface area contributed by atoms with Gasteiger partial charge in [-0.25, -0.2) is 9.48 Å². The molecular weight excluding hydrogens is 318 g/mol. The number of nitrogens with zero attached hydrogens (tertiary/aromatic N) is 2. The van der Waals surface area contributed by atoms with E-state index in [9.17, 15) is 9.59 Å². The first-order valence-electron chi connectivity index (χ1n) is 7.69. The topological polar surface area (TPSA) is 73.2 Å². The monoisotopic (exact) mass is 335 g/mol. The first kappa shape index (κ1) is 16.4. The second kappa shape index (κ2) is 7.00. The molecule has 0 spiro atoms. The summed E-state index contributed by atoms with van der Waals surface area (Å²) >= 11 is 0. The van der Waals surface area contributed by atoms with Gasteiger partial charge < -0.3 is 10.1 Å². The van der Waals surface area contributed by atoms with Gasteiger partial charge in [-0.3, -0.25) is 4.79 Å². The lowest BCUT2D eigenvalue weighted by Gasteiger charge is -2.08. The van der Waals surface area contributed by atoms with Gasteiger partial charge in [0, 0.05) is 23.1 Å². The quantitative estimate of drug-likeness (QED) is 0.743. The smallest absolute Gasteiger partial charge is 0.337 e. The highest BCUT2D eigenvalue weighted by Crippen LogP contribution is 2.15. The number of benzene rings is 2. The zero-order valence-electron chi connectivity index (χ0n) is 13.9. The predicted molar refractivity (Wildman–Crippen MR) is 94.0 cm³/mol. The van der Waals surface area contributed by atoms with Crippen molar-refractivity contribution in [3.05, 3.63) is 77.6 Å². The number of carbonyl (C=O) groups excluding carboxylic acids is 2. The number of nitrogens with one attached hydrogen (secondary N) is 1. The molecule has 0 saturated heterocycles. The predicted octanol–water partition coefficient (Wildman–Crippen LogP) is 3.22. The normalized spacial score (nSPS) is 10.3. The lowest BCUT2D eigenvalue weighted by Crippen LogP contribution is -2.12. The molecule has 0 aliphatic rings. The van der Waals surface area contributed by atoms with E-state index >= 15 is 0 Å². The van der Waals surface area contributed by atoms with Gasteiger partial charge in [0.2, 0.25) is 0 Å². The van der Waals surface area contributed by atoms with E-state index in [1.807, 2.05) is 25.1 Å². The molecule has 1 N–H and O–H groups in total. The van der Waals surface area contributed by atoms with Crippen LogP contribution >= 0.6 is 0 Å². The fourth-order valence-corrected chi connectivity index (χ4v) is 2.44. The molecule has 0 aliphatic carbocycles. The number of esters is 1. The molecule has 0 saturated carbocycles. The molecule has 0 unspecified atom stereocenters. The third-order valence-corrected chi connectivity index (χ3v) is 3.75. The van der Waals surface area contributed by atoms with Crippen LogP contribution in [0.5, 0.6) is 0 Å². The van der Waals surface area contributed by atoms with Gasteiger partial charge in [0.15, 0.2) is 0 Å². The number of hydrogen-bond acceptors (Lipinski definition) is 4. The molecule has 25 heavy (non-hydrogen) atoms. The van der Waals surface area contributed by atoms with Crippen LogP contribution in [0.15, 0.2) is 60.8 Å². The fraction of sp³-hybridized carbons (Fsp3) is 0.105. The summed E-state index contributed by atoms with van der Waals surface area (Å²) in [6.07, 6.45) is 1.73. The SMILES string of the molecule is COC(=O)c1cccc(NC(=O)c2ccc(-n3nccc3C)cc2)c1. The van der Waals surface area contributed by atoms with Gasteiger partial charge in [-0.2, -0.15) is 5.10 Å². The first-order chi connectivity index (χ1) is 12.1. The molecule has 0 radical (unpaired) electrons. The maximum absolute atomic E-state index is 12.4. The average Bonchev–Trinajstić information content (AvgIpc) is 3.07. The summed E-state index contributed by atoms with van der Waals surface area (Å²) < 4.78 is 6.47. The van der Waals surface area contributed by atoms with Crippen LogP contribution in [-0.2, 0) is 4.74 Å². The molecule has 1 amide bonds. The highest BCUT2D eigenvalue weighted by atomic mass is 16.5. The van der Waals surface area contributed by atoms with Crippen LogP contribution in [-0.4, -0.2) is 28.8 Å². The second-order valence-corrected chi connectivity index (χ2v) is 5.46. The molecule has 0 bridgehead atoms. The van der Waals surface area contributed by atoms with Crippen molar-refractivity contribution < 1.29 is 14.3 Å². The summed E-state index contributed by atoms with van der Waals surface area (Å²) in [5.74, 6) is -0.708. The van der Waals surface area contributed by atoms with Crippen LogP contribution in [0.25, 0.3) is 5.69 Å². The molecule has 3 rings (SSSR count). The first-order valence-corrected chi connectivity index (χ1v) is 7.69. The lowest BCUT2D eigenvalue weighted by atomic mass is 10.1. The molecule has 1 heterocycles. The minimum absolute atomic E-state index is 0.259. The Bertz CT molecular complexity index is 914. The molecule has 2 aromatic carbocycles. The van der Waals surface area contributed by atoms with Gasteiger partial charge >= 0.3 is 5.97 Å². The summed E-state index contributed by atoms with van der Waals surface area (Å²) in [5.41, 5.74) is 3.31. The zero-order chi connectivity index (χ0) is 17.8. The number of ether oxygens (including phenoxy) is 1. The molecule has 6 nitrogen and oxygen atoms in total. The average molecular weight is 335 g/mol. The van der Waals surface area contributed by atoms with Gasteiger partial charge in [-0.05, 0) is 55.5 Å². The highest BCUT2D eigenvalue weighted by molar-refractivity contribution is 6.05. The van der Waals surface area contributed by atoms with E-state index in [1.54, 1.807) is 47.3 Å². The van der Waals surface area contributed by atoms with Crippen molar-refractivity contribution in [3.63, 3.8) is 0 Å². The van der Waals surface area contributed by atoms with Crippen LogP contribution in [0.2, 0.25) is 0 Å². The number of aryl methyl sites for hydroxylation is 1. The number of aromatic nitrogens is 2. The molecule has 0 aliphatic heterocycles. The molecule has 126 valence electrons. The van der Waals surface area contributed by atoms with Crippen LogP contribution in [0.1, 0.15) is 26.4 Å². The Labute approximate surface area is 145 Å². The van der Waals surface area contributed by atoms with Crippen LogP contribution in [0.4, 0.5) is 5.69 Å². The minimum atomic E-state index is -0.449. The molecule has 1 aromatic heterocycles. The number of methoxy groups -OCH3 is 1. The van der Waals surface area contributed by atoms with E-state index in [0.29, 0.717) is 16.8 Å². The van der Waals surface area contributed by atoms with E-state index in [2.05, 4.69) is 15.2 Å². The standard InChI is InChI=1S/C19H17N3O3/c1-13-10-11-20-22(13)17-8-6-14(7-9-17)18(23)21-16-5-3-4-15(12-16)19(24)25-2/h3-12H,1-2H3,(H,21,23). The van der Waals surface area contributed by atoms with Crippen molar-refractivity contribution in [2.24, 2.45) is 0 Å². The molecular formula is C19H17N3O3. The Balaban J connectivity index is 1.76. The summed E-state index contributed by atoms with van der Waals surface area (Å²) in [6, 6.07) is 15.6. The number of amides is 1. The van der Waals surface area contributed by atoms with E-state index in [4.69, 9.17) is 0 Å². The Kier molecular flexibility index (Phi) is 4.61. The Morgan fingerprint density at radius 3 is 2.44 bits per heavy atom. The summed E-state index contributed by atoms with van der Waals surface area (Å²) in [6.45, 7) is 1.96. The van der Waals surface area contributed by atoms with Crippen molar-refractivity contribution >= 4 is 17.6 Å². The van der Waals surface area contributed by atoms with Crippen LogP contribution in [0, 0.1) is 6.92 Å². The molecule has 6 heteroatoms. The van der Waals surface area contributed by atoms with Gasteiger partial charge in [-0.15, -0.1) is 0 Å². The van der Waals surface area contributed by atoms with E-state index < -0.39 is 5.97 Å². The Hall–Kier alpha value is -3.41. The second-order valence-electron chi connectivity index (χ2n) is 5.46. The largest absolute Gasteiger partial charge is 0.465 e. The Morgan fingerprint density at radius 2 is 1.80 bits per heavy atom. The van der Waals surface area contributed by atoms with Gasteiger partial charge in [-0.1, -0.05) is 6.07 Å². The zero-order valence-corrected chi connectivity index (χ0v) is 13.9. The van der Waals surface area contributed by atoms with Gasteiger partial charge in [0.1, 0.15) is 0 Å². The van der Waals surface area contributed by atoms with Gasteiger partial charge in [0.05, 0.1) is 18.4 Å². The van der Waals surface area contributed by atoms with Crippen LogP contribution < -0.4 is 5.32 Å². The van der Waals surface area contributed by atoms with E-state index in [-0.39, 0.29) is 5.91 Å². The maximum Gasteiger partial charge on any atom is 0.337 e. The third kappa shape index (κ3) is 3.58. The van der Waals surface area contributed by atoms with Gasteiger partial charge in [0.25, 0.3) is 5.91 Å². The Morgan fingerprint density at radius 1 is 1.04 bits per heavy atom. The number of carbonyl (C=O) groups is 2. The van der Waals surface area contributed by atoms with E-state index in [0.717, 1.165) is 11.4 Å². The van der Waals surface area contributed by atoms with Crippen molar-refractivity contribution in [3.8, 4) is 5.69 Å². The number of anilines is 1. The van der Waals surface area contributed by atoms with Crippen molar-refractivity contribution in [1.29, 1.82) is 0 Å². The number of rotatable bonds is 4. The third-order valence-electron chi connectivity index (χ3n) is 3.75. The molecule has 3 aromatic rings. The fourth-order valence-electron chi connectivity index (χ4n) is 2.44. The molecule has 0 atom stereocenters. The lowest BCUT2D eigenvalue weighted by molar-refractivity contribution is 0.0600. The minimum Gasteiger partial charge on any atom is -0.465 e. The summed E-state index contributed by atoms with van der Waals surface area (Å²) in [5, 5.41) is 7.01. The van der Waals surface area contributed by atoms with E-state index in [1.165, 1.54) is 7.11 Å². The highest BCUT2D eigenvalue weighted by Gasteiger charge is 2.10. The van der Waals surface area contributed by atoms with Crippen LogP contribution in [0.3, 0.4) is 0 Å². The van der Waals surface area contributed by atoms with Crippen molar-refractivity contribution in [2.75, 3.05) is 12.4 Å². The number of hydrogen-bond donors (Lipinski definition) is 1. The molecule has 0 fully saturated rings.